The van der Waals surface area contributed by atoms with Gasteiger partial charge >= 0.3 is 0 Å². The lowest BCUT2D eigenvalue weighted by Gasteiger charge is -2.20. The third-order valence-corrected chi connectivity index (χ3v) is 4.64. The Balaban J connectivity index is 2.03. The molecule has 0 unspecified atom stereocenters. The topological polar surface area (TPSA) is 63.7 Å². The molecule has 0 spiro atoms. The first-order chi connectivity index (χ1) is 11.6. The molecule has 0 saturated carbocycles. The van der Waals surface area contributed by atoms with Crippen molar-refractivity contribution in [3.05, 3.63) is 23.8 Å². The van der Waals surface area contributed by atoms with Crippen molar-refractivity contribution in [2.75, 3.05) is 39.3 Å². The number of hydrogen-bond acceptors (Lipinski definition) is 5. The molecule has 6 nitrogen and oxygen atoms in total. The van der Waals surface area contributed by atoms with Crippen LogP contribution in [0.1, 0.15) is 12.0 Å². The number of rotatable bonds is 4. The minimum Gasteiger partial charge on any atom is -0.496 e. The predicted octanol–water partition coefficient (Wildman–Crippen LogP) is 2.13. The number of carbonyl (C=O) groups is 1. The van der Waals surface area contributed by atoms with Crippen LogP contribution >= 0.6 is 0 Å². The molecule has 1 aliphatic rings. The summed E-state index contributed by atoms with van der Waals surface area (Å²) in [4.78, 5) is 18.8. The van der Waals surface area contributed by atoms with Crippen molar-refractivity contribution in [1.82, 2.24) is 10.3 Å². The molecule has 1 atom stereocenters. The van der Waals surface area contributed by atoms with E-state index in [0.29, 0.717) is 6.54 Å². The van der Waals surface area contributed by atoms with Gasteiger partial charge in [0.1, 0.15) is 22.8 Å². The van der Waals surface area contributed by atoms with Gasteiger partial charge in [0, 0.05) is 25.5 Å². The number of nitrogens with one attached hydrogen (secondary N) is 1. The molecule has 0 radical (unpaired) electrons. The molecule has 128 valence electrons. The molecule has 1 fully saturated rings. The zero-order valence-corrected chi connectivity index (χ0v) is 14.5. The zero-order valence-electron chi connectivity index (χ0n) is 14.5. The number of benzene rings is 1. The Morgan fingerprint density at radius 3 is 2.67 bits per heavy atom. The Bertz CT molecular complexity index is 776. The van der Waals surface area contributed by atoms with E-state index in [9.17, 15) is 4.79 Å². The van der Waals surface area contributed by atoms with Crippen LogP contribution in [0.15, 0.2) is 18.2 Å². The van der Waals surface area contributed by atoms with Gasteiger partial charge < -0.3 is 19.7 Å². The Morgan fingerprint density at radius 2 is 2.00 bits per heavy atom. The number of nitrogens with zero attached hydrogens (tertiary/aromatic N) is 2. The molecule has 0 aliphatic carbocycles. The maximum Gasteiger partial charge on any atom is 0.224 e. The van der Waals surface area contributed by atoms with Gasteiger partial charge in [-0.05, 0) is 37.1 Å². The van der Waals surface area contributed by atoms with Crippen molar-refractivity contribution in [3.63, 3.8) is 0 Å². The third kappa shape index (κ3) is 2.72. The highest BCUT2D eigenvalue weighted by atomic mass is 16.5. The van der Waals surface area contributed by atoms with E-state index >= 15 is 0 Å². The number of pyridine rings is 1. The molecular formula is C18H23N3O3. The Labute approximate surface area is 141 Å². The summed E-state index contributed by atoms with van der Waals surface area (Å²) in [5.41, 5.74) is 1.87. The van der Waals surface area contributed by atoms with Crippen LogP contribution in [-0.2, 0) is 4.79 Å². The summed E-state index contributed by atoms with van der Waals surface area (Å²) in [6.07, 6.45) is 0.841. The van der Waals surface area contributed by atoms with E-state index in [2.05, 4.69) is 16.3 Å². The average Bonchev–Trinajstić information content (AvgIpc) is 3.10. The van der Waals surface area contributed by atoms with Gasteiger partial charge in [0.15, 0.2) is 0 Å². The van der Waals surface area contributed by atoms with Crippen LogP contribution in [0.25, 0.3) is 10.9 Å². The maximum absolute atomic E-state index is 11.9. The van der Waals surface area contributed by atoms with Gasteiger partial charge in [0.05, 0.1) is 20.1 Å². The minimum atomic E-state index is 0.0139. The fourth-order valence-corrected chi connectivity index (χ4v) is 3.34. The van der Waals surface area contributed by atoms with Gasteiger partial charge in [-0.1, -0.05) is 0 Å². The van der Waals surface area contributed by atoms with Gasteiger partial charge in [-0.25, -0.2) is 4.98 Å². The SMILES string of the molecule is CNC(=O)[C@@H]1CCN(c2cc(C)c3c(OC)ccc(OC)c3n2)C1. The lowest BCUT2D eigenvalue weighted by atomic mass is 10.1. The summed E-state index contributed by atoms with van der Waals surface area (Å²) >= 11 is 0. The molecule has 1 aromatic heterocycles. The normalized spacial score (nSPS) is 17.2. The van der Waals surface area contributed by atoms with Crippen LogP contribution in [0.5, 0.6) is 11.5 Å². The first-order valence-corrected chi connectivity index (χ1v) is 8.08. The van der Waals surface area contributed by atoms with Crippen molar-refractivity contribution in [3.8, 4) is 11.5 Å². The summed E-state index contributed by atoms with van der Waals surface area (Å²) in [5, 5.41) is 3.69. The number of anilines is 1. The van der Waals surface area contributed by atoms with E-state index in [1.807, 2.05) is 19.1 Å². The van der Waals surface area contributed by atoms with E-state index in [1.54, 1.807) is 21.3 Å². The van der Waals surface area contributed by atoms with Gasteiger partial charge in [0.25, 0.3) is 0 Å². The van der Waals surface area contributed by atoms with Gasteiger partial charge in [-0.3, -0.25) is 4.79 Å². The van der Waals surface area contributed by atoms with Crippen molar-refractivity contribution in [2.24, 2.45) is 5.92 Å². The van der Waals surface area contributed by atoms with Crippen molar-refractivity contribution in [1.29, 1.82) is 0 Å². The Kier molecular flexibility index (Phi) is 4.46. The molecule has 1 aromatic carbocycles. The second-order valence-electron chi connectivity index (χ2n) is 6.04. The van der Waals surface area contributed by atoms with Gasteiger partial charge in [0.2, 0.25) is 5.91 Å². The lowest BCUT2D eigenvalue weighted by Crippen LogP contribution is -2.30. The minimum absolute atomic E-state index is 0.0139. The van der Waals surface area contributed by atoms with Crippen LogP contribution in [0.2, 0.25) is 0 Å². The number of aromatic nitrogens is 1. The monoisotopic (exact) mass is 329 g/mol. The van der Waals surface area contributed by atoms with E-state index in [1.165, 1.54) is 0 Å². The van der Waals surface area contributed by atoms with Gasteiger partial charge in [-0.15, -0.1) is 0 Å². The summed E-state index contributed by atoms with van der Waals surface area (Å²) in [6, 6.07) is 5.82. The zero-order chi connectivity index (χ0) is 17.3. The van der Waals surface area contributed by atoms with E-state index in [0.717, 1.165) is 46.7 Å². The molecule has 24 heavy (non-hydrogen) atoms. The van der Waals surface area contributed by atoms with Crippen LogP contribution in [0, 0.1) is 12.8 Å². The summed E-state index contributed by atoms with van der Waals surface area (Å²) in [7, 11) is 4.98. The summed E-state index contributed by atoms with van der Waals surface area (Å²) in [5.74, 6) is 2.48. The molecule has 6 heteroatoms. The first kappa shape index (κ1) is 16.4. The highest BCUT2D eigenvalue weighted by Gasteiger charge is 2.29. The van der Waals surface area contributed by atoms with E-state index < -0.39 is 0 Å². The predicted molar refractivity (Wildman–Crippen MR) is 94.0 cm³/mol. The molecule has 1 N–H and O–H groups in total. The van der Waals surface area contributed by atoms with Crippen LogP contribution in [0.3, 0.4) is 0 Å². The van der Waals surface area contributed by atoms with Crippen LogP contribution in [-0.4, -0.2) is 45.2 Å². The van der Waals surface area contributed by atoms with Gasteiger partial charge in [-0.2, -0.15) is 0 Å². The number of methoxy groups -OCH3 is 2. The lowest BCUT2D eigenvalue weighted by molar-refractivity contribution is -0.123. The smallest absolute Gasteiger partial charge is 0.224 e. The second kappa shape index (κ2) is 6.55. The first-order valence-electron chi connectivity index (χ1n) is 8.08. The van der Waals surface area contributed by atoms with Crippen molar-refractivity contribution in [2.45, 2.75) is 13.3 Å². The molecule has 1 saturated heterocycles. The number of fused-ring (bicyclic) bond motifs is 1. The largest absolute Gasteiger partial charge is 0.496 e. The average molecular weight is 329 g/mol. The van der Waals surface area contributed by atoms with Crippen molar-refractivity contribution >= 4 is 22.6 Å². The molecule has 1 amide bonds. The summed E-state index contributed by atoms with van der Waals surface area (Å²) in [6.45, 7) is 3.55. The quantitative estimate of drug-likeness (QED) is 0.931. The fourth-order valence-electron chi connectivity index (χ4n) is 3.34. The highest BCUT2D eigenvalue weighted by Crippen LogP contribution is 2.36. The Hall–Kier alpha value is -2.50. The molecule has 1 aliphatic heterocycles. The highest BCUT2D eigenvalue weighted by molar-refractivity contribution is 5.94. The standard InChI is InChI=1S/C18H23N3O3/c1-11-9-15(21-8-7-12(10-21)18(22)19-2)20-17-14(24-4)6-5-13(23-3)16(11)17/h5-6,9,12H,7-8,10H2,1-4H3,(H,19,22)/t12-/m1/s1. The number of hydrogen-bond donors (Lipinski definition) is 1. The van der Waals surface area contributed by atoms with E-state index in [-0.39, 0.29) is 11.8 Å². The fraction of sp³-hybridized carbons (Fsp3) is 0.444. The van der Waals surface area contributed by atoms with Crippen molar-refractivity contribution < 1.29 is 14.3 Å². The number of ether oxygens (including phenoxy) is 2. The van der Waals surface area contributed by atoms with E-state index in [4.69, 9.17) is 14.5 Å². The maximum atomic E-state index is 11.9. The number of carbonyl (C=O) groups excluding carboxylic acids is 1. The number of amides is 1. The Morgan fingerprint density at radius 1 is 1.29 bits per heavy atom. The van der Waals surface area contributed by atoms with Crippen LogP contribution in [0.4, 0.5) is 5.82 Å². The third-order valence-electron chi connectivity index (χ3n) is 4.64. The molecule has 3 rings (SSSR count). The molecule has 0 bridgehead atoms. The second-order valence-corrected chi connectivity index (χ2v) is 6.04. The molecular weight excluding hydrogens is 306 g/mol. The molecule has 2 aromatic rings. The molecule has 2 heterocycles. The van der Waals surface area contributed by atoms with Crippen LogP contribution < -0.4 is 19.7 Å². The summed E-state index contributed by atoms with van der Waals surface area (Å²) < 4.78 is 10.9. The number of aryl methyl sites for hydroxylation is 1.